The van der Waals surface area contributed by atoms with Crippen LogP contribution in [0.4, 0.5) is 10.5 Å². The smallest absolute Gasteiger partial charge is 0.290 e. The molecule has 1 N–H and O–H groups in total. The van der Waals surface area contributed by atoms with Gasteiger partial charge in [0.05, 0.1) is 4.91 Å². The van der Waals surface area contributed by atoms with Crippen molar-refractivity contribution in [2.24, 2.45) is 0 Å². The maximum atomic E-state index is 11.8. The first-order chi connectivity index (χ1) is 10.9. The van der Waals surface area contributed by atoms with Gasteiger partial charge in [-0.05, 0) is 63.0 Å². The van der Waals surface area contributed by atoms with Crippen LogP contribution in [0.3, 0.4) is 0 Å². The molecule has 3 rings (SSSR count). The number of thioether (sulfide) groups is 1. The molecule has 0 spiro atoms. The SMILES string of the molecule is Cc1ccc(N2CC[C@H](N(C)C)C2)c(C=C2SC(=O)NC2=O)c1. The summed E-state index contributed by atoms with van der Waals surface area (Å²) in [6.45, 7) is 4.01. The summed E-state index contributed by atoms with van der Waals surface area (Å²) in [6.07, 6.45) is 2.96. The average molecular weight is 331 g/mol. The third-order valence-corrected chi connectivity index (χ3v) is 5.16. The van der Waals surface area contributed by atoms with E-state index < -0.39 is 0 Å². The Kier molecular flexibility index (Phi) is 4.46. The Morgan fingerprint density at radius 3 is 2.74 bits per heavy atom. The first kappa shape index (κ1) is 16.1. The number of benzene rings is 1. The molecule has 23 heavy (non-hydrogen) atoms. The van der Waals surface area contributed by atoms with Crippen LogP contribution in [-0.4, -0.2) is 49.3 Å². The molecule has 0 aromatic heterocycles. The van der Waals surface area contributed by atoms with Gasteiger partial charge in [0.2, 0.25) is 0 Å². The molecule has 2 heterocycles. The first-order valence-electron chi connectivity index (χ1n) is 7.71. The van der Waals surface area contributed by atoms with Gasteiger partial charge < -0.3 is 9.80 Å². The molecular formula is C17H21N3O2S. The molecule has 0 radical (unpaired) electrons. The summed E-state index contributed by atoms with van der Waals surface area (Å²) in [4.78, 5) is 28.2. The van der Waals surface area contributed by atoms with Crippen LogP contribution in [0.1, 0.15) is 17.5 Å². The zero-order valence-corrected chi connectivity index (χ0v) is 14.4. The lowest BCUT2D eigenvalue weighted by molar-refractivity contribution is -0.115. The van der Waals surface area contributed by atoms with Crippen molar-refractivity contribution in [1.82, 2.24) is 10.2 Å². The molecule has 1 aromatic rings. The first-order valence-corrected chi connectivity index (χ1v) is 8.52. The number of aryl methyl sites for hydroxylation is 1. The van der Waals surface area contributed by atoms with Crippen LogP contribution in [0.2, 0.25) is 0 Å². The van der Waals surface area contributed by atoms with Gasteiger partial charge in [-0.25, -0.2) is 0 Å². The Hall–Kier alpha value is -1.79. The van der Waals surface area contributed by atoms with Crippen molar-refractivity contribution in [3.8, 4) is 0 Å². The fraction of sp³-hybridized carbons (Fsp3) is 0.412. The number of hydrogen-bond acceptors (Lipinski definition) is 5. The van der Waals surface area contributed by atoms with Crippen molar-refractivity contribution in [2.45, 2.75) is 19.4 Å². The number of amides is 2. The second-order valence-corrected chi connectivity index (χ2v) is 7.28. The van der Waals surface area contributed by atoms with E-state index in [1.165, 1.54) is 0 Å². The highest BCUT2D eigenvalue weighted by atomic mass is 32.2. The van der Waals surface area contributed by atoms with Gasteiger partial charge in [0.25, 0.3) is 11.1 Å². The zero-order chi connectivity index (χ0) is 16.6. The molecule has 0 aliphatic carbocycles. The van der Waals surface area contributed by atoms with Gasteiger partial charge in [-0.15, -0.1) is 0 Å². The predicted octanol–water partition coefficient (Wildman–Crippen LogP) is 2.46. The summed E-state index contributed by atoms with van der Waals surface area (Å²) in [5, 5.41) is 2.01. The van der Waals surface area contributed by atoms with Crippen molar-refractivity contribution in [2.75, 3.05) is 32.1 Å². The Morgan fingerprint density at radius 2 is 2.13 bits per heavy atom. The fourth-order valence-electron chi connectivity index (χ4n) is 3.02. The largest absolute Gasteiger partial charge is 0.369 e. The van der Waals surface area contributed by atoms with E-state index in [0.717, 1.165) is 48.1 Å². The monoisotopic (exact) mass is 331 g/mol. The summed E-state index contributed by atoms with van der Waals surface area (Å²) in [5.74, 6) is -0.306. The van der Waals surface area contributed by atoms with Crippen LogP contribution in [0.25, 0.3) is 6.08 Å². The lowest BCUT2D eigenvalue weighted by Gasteiger charge is -2.23. The van der Waals surface area contributed by atoms with Crippen LogP contribution in [0.5, 0.6) is 0 Å². The van der Waals surface area contributed by atoms with Gasteiger partial charge in [0, 0.05) is 24.8 Å². The van der Waals surface area contributed by atoms with Crippen molar-refractivity contribution in [3.63, 3.8) is 0 Å². The normalized spacial score (nSPS) is 23.2. The van der Waals surface area contributed by atoms with Crippen molar-refractivity contribution in [3.05, 3.63) is 34.2 Å². The van der Waals surface area contributed by atoms with Crippen molar-refractivity contribution in [1.29, 1.82) is 0 Å². The van der Waals surface area contributed by atoms with E-state index in [0.29, 0.717) is 10.9 Å². The Bertz CT molecular complexity index is 684. The average Bonchev–Trinajstić information content (AvgIpc) is 3.07. The highest BCUT2D eigenvalue weighted by Crippen LogP contribution is 2.32. The fourth-order valence-corrected chi connectivity index (χ4v) is 3.70. The number of likely N-dealkylation sites (N-methyl/N-ethyl adjacent to an activating group) is 1. The van der Waals surface area contributed by atoms with Gasteiger partial charge in [0.15, 0.2) is 0 Å². The molecule has 2 fully saturated rings. The van der Waals surface area contributed by atoms with Gasteiger partial charge in [0.1, 0.15) is 0 Å². The number of nitrogens with one attached hydrogen (secondary N) is 1. The highest BCUT2D eigenvalue weighted by molar-refractivity contribution is 8.18. The molecule has 2 aliphatic rings. The molecule has 2 aliphatic heterocycles. The van der Waals surface area contributed by atoms with Gasteiger partial charge >= 0.3 is 0 Å². The molecule has 6 heteroatoms. The van der Waals surface area contributed by atoms with E-state index in [1.54, 1.807) is 0 Å². The van der Waals surface area contributed by atoms with Crippen LogP contribution in [-0.2, 0) is 4.79 Å². The van der Waals surface area contributed by atoms with Crippen LogP contribution in [0, 0.1) is 6.92 Å². The number of hydrogen-bond donors (Lipinski definition) is 1. The number of carbonyl (C=O) groups is 2. The molecule has 0 saturated carbocycles. The van der Waals surface area contributed by atoms with Gasteiger partial charge in [-0.2, -0.15) is 0 Å². The summed E-state index contributed by atoms with van der Waals surface area (Å²) in [5.41, 5.74) is 3.26. The molecule has 0 bridgehead atoms. The summed E-state index contributed by atoms with van der Waals surface area (Å²) in [6, 6.07) is 6.82. The van der Waals surface area contributed by atoms with Crippen LogP contribution >= 0.6 is 11.8 Å². The molecule has 2 saturated heterocycles. The Morgan fingerprint density at radius 1 is 1.35 bits per heavy atom. The standard InChI is InChI=1S/C17H21N3O2S/c1-11-4-5-14(20-7-6-13(10-20)19(2)3)12(8-11)9-15-16(21)18-17(22)23-15/h4-5,8-9,13H,6-7,10H2,1-3H3,(H,18,21,22)/t13-/m0/s1. The molecule has 1 atom stereocenters. The molecular weight excluding hydrogens is 310 g/mol. The number of carbonyl (C=O) groups excluding carboxylic acids is 2. The molecule has 2 amide bonds. The van der Waals surface area contributed by atoms with E-state index in [-0.39, 0.29) is 11.1 Å². The number of nitrogens with zero attached hydrogens (tertiary/aromatic N) is 2. The van der Waals surface area contributed by atoms with Crippen LogP contribution in [0.15, 0.2) is 23.1 Å². The van der Waals surface area contributed by atoms with Crippen LogP contribution < -0.4 is 10.2 Å². The van der Waals surface area contributed by atoms with Crippen molar-refractivity contribution >= 4 is 34.7 Å². The number of rotatable bonds is 3. The van der Waals surface area contributed by atoms with Crippen molar-refractivity contribution < 1.29 is 9.59 Å². The number of anilines is 1. The van der Waals surface area contributed by atoms with E-state index >= 15 is 0 Å². The minimum atomic E-state index is -0.306. The summed E-state index contributed by atoms with van der Waals surface area (Å²) < 4.78 is 0. The maximum absolute atomic E-state index is 11.8. The minimum absolute atomic E-state index is 0.302. The third-order valence-electron chi connectivity index (χ3n) is 4.35. The predicted molar refractivity (Wildman–Crippen MR) is 94.6 cm³/mol. The summed E-state index contributed by atoms with van der Waals surface area (Å²) >= 11 is 0.966. The highest BCUT2D eigenvalue weighted by Gasteiger charge is 2.28. The third kappa shape index (κ3) is 3.43. The van der Waals surface area contributed by atoms with E-state index in [2.05, 4.69) is 47.4 Å². The zero-order valence-electron chi connectivity index (χ0n) is 13.6. The second-order valence-electron chi connectivity index (χ2n) is 6.27. The maximum Gasteiger partial charge on any atom is 0.290 e. The van der Waals surface area contributed by atoms with E-state index in [9.17, 15) is 9.59 Å². The summed E-state index contributed by atoms with van der Waals surface area (Å²) in [7, 11) is 4.22. The quantitative estimate of drug-likeness (QED) is 0.862. The molecule has 5 nitrogen and oxygen atoms in total. The second kappa shape index (κ2) is 6.37. The topological polar surface area (TPSA) is 52.6 Å². The Balaban J connectivity index is 1.92. The van der Waals surface area contributed by atoms with Gasteiger partial charge in [-0.3, -0.25) is 14.9 Å². The number of imide groups is 1. The van der Waals surface area contributed by atoms with Gasteiger partial charge in [-0.1, -0.05) is 11.6 Å². The van der Waals surface area contributed by atoms with E-state index in [1.807, 2.05) is 13.0 Å². The molecule has 0 unspecified atom stereocenters. The lowest BCUT2D eigenvalue weighted by Crippen LogP contribution is -2.31. The minimum Gasteiger partial charge on any atom is -0.369 e. The lowest BCUT2D eigenvalue weighted by atomic mass is 10.1. The molecule has 122 valence electrons. The Labute approximate surface area is 140 Å². The van der Waals surface area contributed by atoms with E-state index in [4.69, 9.17) is 0 Å². The molecule has 1 aromatic carbocycles.